The van der Waals surface area contributed by atoms with E-state index in [9.17, 15) is 0 Å². The van der Waals surface area contributed by atoms with Gasteiger partial charge in [-0.2, -0.15) is 0 Å². The highest BCUT2D eigenvalue weighted by atomic mass is 31.1. The molecular weight excluding hydrogens is 187 g/mol. The molecule has 0 bridgehead atoms. The van der Waals surface area contributed by atoms with Crippen LogP contribution in [0.5, 0.6) is 0 Å². The molecule has 1 heteroatoms. The second kappa shape index (κ2) is 8.72. The molecule has 3 atom stereocenters. The minimum Gasteiger partial charge on any atom is -0.122 e. The van der Waals surface area contributed by atoms with Crippen molar-refractivity contribution in [1.29, 1.82) is 0 Å². The SMILES string of the molecule is CCC(C)CCPCCC(C)C(C)C. The monoisotopic (exact) mass is 216 g/mol. The standard InChI is InChI=1S/C13H29P/c1-6-12(4)7-9-14-10-8-13(5)11(2)3/h11-14H,6-10H2,1-5H3. The van der Waals surface area contributed by atoms with Crippen LogP contribution in [0.2, 0.25) is 0 Å². The molecule has 0 saturated heterocycles. The van der Waals surface area contributed by atoms with Crippen LogP contribution in [0.3, 0.4) is 0 Å². The maximum atomic E-state index is 2.39. The van der Waals surface area contributed by atoms with Gasteiger partial charge in [0.25, 0.3) is 0 Å². The predicted molar refractivity (Wildman–Crippen MR) is 70.7 cm³/mol. The summed E-state index contributed by atoms with van der Waals surface area (Å²) in [4.78, 5) is 0. The molecule has 86 valence electrons. The van der Waals surface area contributed by atoms with Gasteiger partial charge < -0.3 is 0 Å². The lowest BCUT2D eigenvalue weighted by atomic mass is 9.96. The largest absolute Gasteiger partial charge is 0.122 e. The van der Waals surface area contributed by atoms with E-state index >= 15 is 0 Å². The third-order valence-electron chi connectivity index (χ3n) is 3.43. The molecule has 0 aromatic heterocycles. The predicted octanol–water partition coefficient (Wildman–Crippen LogP) is 4.78. The van der Waals surface area contributed by atoms with E-state index in [0.717, 1.165) is 17.8 Å². The smallest absolute Gasteiger partial charge is 0.0351 e. The Kier molecular flexibility index (Phi) is 8.98. The molecule has 0 aromatic carbocycles. The molecule has 3 unspecified atom stereocenters. The zero-order valence-corrected chi connectivity index (χ0v) is 11.8. The highest BCUT2D eigenvalue weighted by molar-refractivity contribution is 7.37. The fraction of sp³-hybridized carbons (Fsp3) is 1.00. The number of rotatable bonds is 8. The van der Waals surface area contributed by atoms with E-state index in [1.165, 1.54) is 40.2 Å². The van der Waals surface area contributed by atoms with Crippen LogP contribution in [0.1, 0.15) is 53.9 Å². The molecular formula is C13H29P. The van der Waals surface area contributed by atoms with Gasteiger partial charge in [0, 0.05) is 0 Å². The average molecular weight is 216 g/mol. The molecule has 0 aliphatic rings. The van der Waals surface area contributed by atoms with E-state index in [-0.39, 0.29) is 0 Å². The summed E-state index contributed by atoms with van der Waals surface area (Å²) in [7, 11) is 1.21. The van der Waals surface area contributed by atoms with Crippen molar-refractivity contribution in [2.24, 2.45) is 17.8 Å². The van der Waals surface area contributed by atoms with Gasteiger partial charge in [-0.15, -0.1) is 8.58 Å². The third-order valence-corrected chi connectivity index (χ3v) is 4.71. The molecule has 0 radical (unpaired) electrons. The van der Waals surface area contributed by atoms with Crippen molar-refractivity contribution in [3.63, 3.8) is 0 Å². The van der Waals surface area contributed by atoms with Gasteiger partial charge in [-0.3, -0.25) is 0 Å². The summed E-state index contributed by atoms with van der Waals surface area (Å²) in [5, 5.41) is 0. The second-order valence-electron chi connectivity index (χ2n) is 5.06. The third kappa shape index (κ3) is 7.80. The fourth-order valence-corrected chi connectivity index (χ4v) is 2.95. The van der Waals surface area contributed by atoms with E-state index in [2.05, 4.69) is 34.6 Å². The van der Waals surface area contributed by atoms with Crippen LogP contribution >= 0.6 is 8.58 Å². The Morgan fingerprint density at radius 1 is 0.929 bits per heavy atom. The Bertz CT molecular complexity index is 120. The van der Waals surface area contributed by atoms with Crippen LogP contribution in [-0.4, -0.2) is 12.3 Å². The molecule has 0 spiro atoms. The number of hydrogen-bond acceptors (Lipinski definition) is 0. The van der Waals surface area contributed by atoms with Crippen molar-refractivity contribution in [3.05, 3.63) is 0 Å². The second-order valence-corrected chi connectivity index (χ2v) is 6.56. The lowest BCUT2D eigenvalue weighted by Gasteiger charge is -2.15. The van der Waals surface area contributed by atoms with Gasteiger partial charge in [0.15, 0.2) is 0 Å². The minimum absolute atomic E-state index is 0.870. The van der Waals surface area contributed by atoms with E-state index in [1.807, 2.05) is 0 Å². The molecule has 0 heterocycles. The van der Waals surface area contributed by atoms with Crippen LogP contribution in [-0.2, 0) is 0 Å². The molecule has 0 aliphatic carbocycles. The van der Waals surface area contributed by atoms with Crippen molar-refractivity contribution in [2.75, 3.05) is 12.3 Å². The Labute approximate surface area is 93.0 Å². The topological polar surface area (TPSA) is 0 Å². The molecule has 14 heavy (non-hydrogen) atoms. The maximum Gasteiger partial charge on any atom is -0.0351 e. The van der Waals surface area contributed by atoms with E-state index in [1.54, 1.807) is 0 Å². The Morgan fingerprint density at radius 3 is 2.00 bits per heavy atom. The first-order chi connectivity index (χ1) is 6.57. The lowest BCUT2D eigenvalue weighted by Crippen LogP contribution is -2.04. The van der Waals surface area contributed by atoms with Crippen LogP contribution < -0.4 is 0 Å². The maximum absolute atomic E-state index is 2.39. The zero-order chi connectivity index (χ0) is 11.0. The van der Waals surface area contributed by atoms with Gasteiger partial charge >= 0.3 is 0 Å². The summed E-state index contributed by atoms with van der Waals surface area (Å²) in [6.45, 7) is 11.7. The van der Waals surface area contributed by atoms with E-state index in [4.69, 9.17) is 0 Å². The molecule has 0 rings (SSSR count). The van der Waals surface area contributed by atoms with Gasteiger partial charge in [0.1, 0.15) is 0 Å². The Hall–Kier alpha value is 0.430. The van der Waals surface area contributed by atoms with Gasteiger partial charge in [-0.25, -0.2) is 0 Å². The van der Waals surface area contributed by atoms with Crippen LogP contribution in [0, 0.1) is 17.8 Å². The average Bonchev–Trinajstić information content (AvgIpc) is 2.16. The highest BCUT2D eigenvalue weighted by Crippen LogP contribution is 2.22. The first-order valence-corrected chi connectivity index (χ1v) is 7.70. The molecule has 0 N–H and O–H groups in total. The minimum atomic E-state index is 0.870. The van der Waals surface area contributed by atoms with Crippen LogP contribution in [0.15, 0.2) is 0 Å². The van der Waals surface area contributed by atoms with Gasteiger partial charge in [-0.1, -0.05) is 41.0 Å². The summed E-state index contributed by atoms with van der Waals surface area (Å²) in [5.41, 5.74) is 0. The molecule has 0 amide bonds. The van der Waals surface area contributed by atoms with Gasteiger partial charge in [-0.05, 0) is 42.9 Å². The van der Waals surface area contributed by atoms with Gasteiger partial charge in [0.05, 0.1) is 0 Å². The molecule has 0 fully saturated rings. The van der Waals surface area contributed by atoms with Crippen molar-refractivity contribution < 1.29 is 0 Å². The highest BCUT2D eigenvalue weighted by Gasteiger charge is 2.06. The first-order valence-electron chi connectivity index (χ1n) is 6.28. The Balaban J connectivity index is 3.21. The fourth-order valence-electron chi connectivity index (χ4n) is 1.34. The summed E-state index contributed by atoms with van der Waals surface area (Å²) in [5.74, 6) is 2.74. The molecule has 0 aromatic rings. The summed E-state index contributed by atoms with van der Waals surface area (Å²) < 4.78 is 0. The first kappa shape index (κ1) is 14.4. The Morgan fingerprint density at radius 2 is 1.50 bits per heavy atom. The van der Waals surface area contributed by atoms with Crippen molar-refractivity contribution in [2.45, 2.75) is 53.9 Å². The van der Waals surface area contributed by atoms with Gasteiger partial charge in [0.2, 0.25) is 0 Å². The normalized spacial score (nSPS) is 16.7. The van der Waals surface area contributed by atoms with Crippen molar-refractivity contribution >= 4 is 8.58 Å². The van der Waals surface area contributed by atoms with Crippen LogP contribution in [0.25, 0.3) is 0 Å². The summed E-state index contributed by atoms with van der Waals surface area (Å²) in [6, 6.07) is 0. The van der Waals surface area contributed by atoms with E-state index in [0.29, 0.717) is 0 Å². The van der Waals surface area contributed by atoms with Crippen molar-refractivity contribution in [1.82, 2.24) is 0 Å². The zero-order valence-electron chi connectivity index (χ0n) is 10.8. The van der Waals surface area contributed by atoms with Crippen LogP contribution in [0.4, 0.5) is 0 Å². The molecule has 0 aliphatic heterocycles. The lowest BCUT2D eigenvalue weighted by molar-refractivity contribution is 0.410. The molecule has 0 nitrogen and oxygen atoms in total. The summed E-state index contributed by atoms with van der Waals surface area (Å²) >= 11 is 0. The number of hydrogen-bond donors (Lipinski definition) is 0. The van der Waals surface area contributed by atoms with E-state index < -0.39 is 0 Å². The quantitative estimate of drug-likeness (QED) is 0.404. The van der Waals surface area contributed by atoms with Crippen molar-refractivity contribution in [3.8, 4) is 0 Å². The molecule has 0 saturated carbocycles. The summed E-state index contributed by atoms with van der Waals surface area (Å²) in [6.07, 6.45) is 7.18.